The van der Waals surface area contributed by atoms with Crippen molar-refractivity contribution < 1.29 is 24.2 Å². The summed E-state index contributed by atoms with van der Waals surface area (Å²) >= 11 is 0. The fraction of sp³-hybridized carbons (Fsp3) is 0.0588. The molecule has 0 aliphatic carbocycles. The maximum absolute atomic E-state index is 12.6. The van der Waals surface area contributed by atoms with Crippen LogP contribution in [-0.2, 0) is 4.79 Å². The van der Waals surface area contributed by atoms with E-state index in [-0.39, 0.29) is 28.4 Å². The van der Waals surface area contributed by atoms with Gasteiger partial charge in [0, 0.05) is 12.5 Å². The summed E-state index contributed by atoms with van der Waals surface area (Å²) in [5.74, 6) is -1.63. The zero-order valence-corrected chi connectivity index (χ0v) is 12.1. The van der Waals surface area contributed by atoms with Crippen LogP contribution in [0.4, 0.5) is 0 Å². The normalized spacial score (nSPS) is 10.7. The van der Waals surface area contributed by atoms with Crippen LogP contribution in [0.25, 0.3) is 22.3 Å². The number of hydrogen-bond acceptors (Lipinski definition) is 6. The molecule has 0 atom stereocenters. The summed E-state index contributed by atoms with van der Waals surface area (Å²) in [6, 6.07) is 10.4. The molecule has 0 unspecified atom stereocenters. The number of phenolic OH excluding ortho intramolecular Hbond substituents is 2. The van der Waals surface area contributed by atoms with Gasteiger partial charge in [-0.05, 0) is 30.3 Å². The predicted molar refractivity (Wildman–Crippen MR) is 82.6 cm³/mol. The number of esters is 1. The third-order valence-corrected chi connectivity index (χ3v) is 3.24. The van der Waals surface area contributed by atoms with Gasteiger partial charge < -0.3 is 19.4 Å². The highest BCUT2D eigenvalue weighted by atomic mass is 16.5. The molecule has 0 fully saturated rings. The summed E-state index contributed by atoms with van der Waals surface area (Å²) in [5, 5.41) is 19.3. The van der Waals surface area contributed by atoms with Gasteiger partial charge in [0.05, 0.1) is 5.39 Å². The Morgan fingerprint density at radius 1 is 1.09 bits per heavy atom. The summed E-state index contributed by atoms with van der Waals surface area (Å²) in [6.45, 7) is 1.17. The number of benzene rings is 2. The Morgan fingerprint density at radius 2 is 1.83 bits per heavy atom. The lowest BCUT2D eigenvalue weighted by Gasteiger charge is -2.10. The molecular formula is C17H12O6. The molecule has 3 rings (SSSR count). The van der Waals surface area contributed by atoms with Crippen LogP contribution in [0, 0.1) is 0 Å². The molecule has 0 aliphatic rings. The maximum atomic E-state index is 12.6. The first-order valence-electron chi connectivity index (χ1n) is 6.74. The summed E-state index contributed by atoms with van der Waals surface area (Å²) in [7, 11) is 0. The zero-order valence-electron chi connectivity index (χ0n) is 12.1. The van der Waals surface area contributed by atoms with Gasteiger partial charge in [-0.2, -0.15) is 0 Å². The molecule has 1 aromatic heterocycles. The van der Waals surface area contributed by atoms with Gasteiger partial charge in [-0.25, -0.2) is 0 Å². The minimum Gasteiger partial charge on any atom is -0.504 e. The Balaban J connectivity index is 2.35. The van der Waals surface area contributed by atoms with Crippen LogP contribution < -0.4 is 10.2 Å². The number of rotatable bonds is 2. The third kappa shape index (κ3) is 2.62. The van der Waals surface area contributed by atoms with Gasteiger partial charge in [-0.1, -0.05) is 12.1 Å². The van der Waals surface area contributed by atoms with Gasteiger partial charge in [0.25, 0.3) is 0 Å². The molecular weight excluding hydrogens is 300 g/mol. The van der Waals surface area contributed by atoms with Crippen molar-refractivity contribution in [2.24, 2.45) is 0 Å². The number of phenols is 2. The molecule has 3 aromatic rings. The van der Waals surface area contributed by atoms with Crippen LogP contribution in [0.5, 0.6) is 17.2 Å². The third-order valence-electron chi connectivity index (χ3n) is 3.24. The average Bonchev–Trinajstić information content (AvgIpc) is 2.52. The van der Waals surface area contributed by atoms with Crippen molar-refractivity contribution >= 4 is 16.9 Å². The molecule has 23 heavy (non-hydrogen) atoms. The molecule has 0 saturated heterocycles. The van der Waals surface area contributed by atoms with Crippen LogP contribution in [0.15, 0.2) is 51.7 Å². The van der Waals surface area contributed by atoms with Gasteiger partial charge in [0.2, 0.25) is 11.2 Å². The van der Waals surface area contributed by atoms with Gasteiger partial charge in [-0.15, -0.1) is 0 Å². The molecule has 6 heteroatoms. The van der Waals surface area contributed by atoms with Crippen LogP contribution in [0.1, 0.15) is 6.92 Å². The van der Waals surface area contributed by atoms with E-state index >= 15 is 0 Å². The molecule has 2 aromatic carbocycles. The second kappa shape index (κ2) is 5.49. The smallest absolute Gasteiger partial charge is 0.308 e. The molecule has 2 N–H and O–H groups in total. The van der Waals surface area contributed by atoms with E-state index < -0.39 is 11.4 Å². The summed E-state index contributed by atoms with van der Waals surface area (Å²) in [6.07, 6.45) is 0. The minimum absolute atomic E-state index is 0.000741. The zero-order chi connectivity index (χ0) is 16.6. The minimum atomic E-state index is -0.670. The van der Waals surface area contributed by atoms with E-state index in [1.807, 2.05) is 0 Å². The Hall–Kier alpha value is -3.28. The summed E-state index contributed by atoms with van der Waals surface area (Å²) in [4.78, 5) is 23.9. The van der Waals surface area contributed by atoms with Crippen molar-refractivity contribution in [3.63, 3.8) is 0 Å². The quantitative estimate of drug-likeness (QED) is 0.558. The van der Waals surface area contributed by atoms with Crippen molar-refractivity contribution in [1.82, 2.24) is 0 Å². The second-order valence-corrected chi connectivity index (χ2v) is 4.88. The highest BCUT2D eigenvalue weighted by molar-refractivity contribution is 5.84. The lowest BCUT2D eigenvalue weighted by Crippen LogP contribution is -2.13. The number of ether oxygens (including phenoxy) is 1. The maximum Gasteiger partial charge on any atom is 0.308 e. The van der Waals surface area contributed by atoms with Crippen LogP contribution in [0.3, 0.4) is 0 Å². The number of fused-ring (bicyclic) bond motifs is 1. The van der Waals surface area contributed by atoms with E-state index in [0.717, 1.165) is 0 Å². The molecule has 0 saturated carbocycles. The van der Waals surface area contributed by atoms with E-state index in [9.17, 15) is 19.8 Å². The van der Waals surface area contributed by atoms with E-state index in [0.29, 0.717) is 11.1 Å². The first-order valence-corrected chi connectivity index (χ1v) is 6.74. The van der Waals surface area contributed by atoms with Gasteiger partial charge in [-0.3, -0.25) is 9.59 Å². The molecule has 116 valence electrons. The van der Waals surface area contributed by atoms with Crippen molar-refractivity contribution in [1.29, 1.82) is 0 Å². The summed E-state index contributed by atoms with van der Waals surface area (Å²) < 4.78 is 10.7. The molecule has 0 aliphatic heterocycles. The molecule has 6 nitrogen and oxygen atoms in total. The fourth-order valence-corrected chi connectivity index (χ4v) is 2.22. The Kier molecular flexibility index (Phi) is 3.50. The highest BCUT2D eigenvalue weighted by Gasteiger charge is 2.19. The van der Waals surface area contributed by atoms with E-state index in [1.54, 1.807) is 24.3 Å². The van der Waals surface area contributed by atoms with Gasteiger partial charge >= 0.3 is 5.97 Å². The lowest BCUT2D eigenvalue weighted by molar-refractivity contribution is -0.131. The monoisotopic (exact) mass is 312 g/mol. The predicted octanol–water partition coefficient (Wildman–Crippen LogP) is 2.80. The standard InChI is InChI=1S/C17H12O6/c1-9(18)22-17-15(21)11-4-2-3-5-14(11)23-16(17)10-6-7-12(19)13(20)8-10/h2-8,19-20H,1H3. The molecule has 1 heterocycles. The number of hydrogen-bond donors (Lipinski definition) is 2. The van der Waals surface area contributed by atoms with E-state index in [4.69, 9.17) is 9.15 Å². The number of carbonyl (C=O) groups is 1. The number of para-hydroxylation sites is 1. The van der Waals surface area contributed by atoms with E-state index in [1.165, 1.54) is 25.1 Å². The van der Waals surface area contributed by atoms with Gasteiger partial charge in [0.15, 0.2) is 17.3 Å². The number of carbonyl (C=O) groups excluding carboxylic acids is 1. The van der Waals surface area contributed by atoms with Crippen molar-refractivity contribution in [3.05, 3.63) is 52.7 Å². The highest BCUT2D eigenvalue weighted by Crippen LogP contribution is 2.35. The fourth-order valence-electron chi connectivity index (χ4n) is 2.22. The first-order chi connectivity index (χ1) is 11.0. The Bertz CT molecular complexity index is 970. The van der Waals surface area contributed by atoms with Crippen molar-refractivity contribution in [3.8, 4) is 28.6 Å². The molecule has 0 radical (unpaired) electrons. The van der Waals surface area contributed by atoms with Crippen molar-refractivity contribution in [2.75, 3.05) is 0 Å². The molecule has 0 spiro atoms. The average molecular weight is 312 g/mol. The van der Waals surface area contributed by atoms with Crippen LogP contribution >= 0.6 is 0 Å². The SMILES string of the molecule is CC(=O)Oc1c(-c2ccc(O)c(O)c2)oc2ccccc2c1=O. The van der Waals surface area contributed by atoms with E-state index in [2.05, 4.69) is 0 Å². The Morgan fingerprint density at radius 3 is 2.52 bits per heavy atom. The van der Waals surface area contributed by atoms with Crippen LogP contribution in [0.2, 0.25) is 0 Å². The largest absolute Gasteiger partial charge is 0.504 e. The summed E-state index contributed by atoms with van der Waals surface area (Å²) in [5.41, 5.74) is 0.111. The Labute approximate surface area is 130 Å². The van der Waals surface area contributed by atoms with Gasteiger partial charge in [0.1, 0.15) is 5.58 Å². The lowest BCUT2D eigenvalue weighted by atomic mass is 10.1. The van der Waals surface area contributed by atoms with Crippen LogP contribution in [-0.4, -0.2) is 16.2 Å². The molecule has 0 bridgehead atoms. The topological polar surface area (TPSA) is 97.0 Å². The number of aromatic hydroxyl groups is 2. The van der Waals surface area contributed by atoms with Crippen molar-refractivity contribution in [2.45, 2.75) is 6.92 Å². The second-order valence-electron chi connectivity index (χ2n) is 4.88. The first kappa shape index (κ1) is 14.6. The molecule has 0 amide bonds.